The Bertz CT molecular complexity index is 343. The van der Waals surface area contributed by atoms with Crippen LogP contribution in [-0.2, 0) is 4.79 Å². The van der Waals surface area contributed by atoms with Crippen LogP contribution in [0.2, 0.25) is 0 Å². The minimum Gasteiger partial charge on any atom is -0.303 e. The molecule has 3 heteroatoms. The Morgan fingerprint density at radius 2 is 1.71 bits per heavy atom. The number of carbonyl (C=O) groups is 1. The Morgan fingerprint density at radius 3 is 2.43 bits per heavy atom. The molecule has 0 aromatic heterocycles. The molecule has 0 amide bonds. The van der Waals surface area contributed by atoms with Gasteiger partial charge in [0.15, 0.2) is 0 Å². The first-order valence-corrected chi connectivity index (χ1v) is 9.21. The highest BCUT2D eigenvalue weighted by Crippen LogP contribution is 2.28. The van der Waals surface area contributed by atoms with Crippen molar-refractivity contribution in [2.45, 2.75) is 64.3 Å². The summed E-state index contributed by atoms with van der Waals surface area (Å²) in [5.74, 6) is 1.62. The van der Waals surface area contributed by atoms with Crippen LogP contribution in [-0.4, -0.2) is 54.3 Å². The zero-order valence-corrected chi connectivity index (χ0v) is 13.7. The Labute approximate surface area is 130 Å². The van der Waals surface area contributed by atoms with Crippen LogP contribution in [0, 0.1) is 11.8 Å². The zero-order valence-electron chi connectivity index (χ0n) is 13.7. The third-order valence-electron chi connectivity index (χ3n) is 5.97. The number of hydrogen-bond acceptors (Lipinski definition) is 3. The van der Waals surface area contributed by atoms with Crippen molar-refractivity contribution in [3.05, 3.63) is 0 Å². The molecule has 1 aliphatic carbocycles. The van der Waals surface area contributed by atoms with E-state index in [2.05, 4.69) is 16.7 Å². The Morgan fingerprint density at radius 1 is 1.00 bits per heavy atom. The van der Waals surface area contributed by atoms with Gasteiger partial charge in [0.2, 0.25) is 0 Å². The van der Waals surface area contributed by atoms with Gasteiger partial charge in [0.25, 0.3) is 0 Å². The largest absolute Gasteiger partial charge is 0.303 e. The number of rotatable bonds is 3. The molecule has 2 saturated heterocycles. The highest BCUT2D eigenvalue weighted by atomic mass is 16.1. The van der Waals surface area contributed by atoms with Crippen LogP contribution in [0.15, 0.2) is 0 Å². The summed E-state index contributed by atoms with van der Waals surface area (Å²) in [7, 11) is 0. The van der Waals surface area contributed by atoms with Gasteiger partial charge < -0.3 is 9.80 Å². The quantitative estimate of drug-likeness (QED) is 0.799. The molecule has 0 radical (unpaired) electrons. The van der Waals surface area contributed by atoms with Crippen molar-refractivity contribution in [3.63, 3.8) is 0 Å². The van der Waals surface area contributed by atoms with E-state index >= 15 is 0 Å². The lowest BCUT2D eigenvalue weighted by atomic mass is 9.81. The number of carbonyl (C=O) groups excluding carboxylic acids is 1. The van der Waals surface area contributed by atoms with E-state index in [1.165, 1.54) is 58.3 Å². The summed E-state index contributed by atoms with van der Waals surface area (Å²) in [5.41, 5.74) is 0. The molecule has 0 N–H and O–H groups in total. The van der Waals surface area contributed by atoms with Gasteiger partial charge in [0, 0.05) is 24.9 Å². The molecule has 21 heavy (non-hydrogen) atoms. The summed E-state index contributed by atoms with van der Waals surface area (Å²) in [6, 6.07) is 0.822. The minimum absolute atomic E-state index is 0.334. The van der Waals surface area contributed by atoms with E-state index in [-0.39, 0.29) is 0 Å². The maximum Gasteiger partial charge on any atom is 0.137 e. The molecular weight excluding hydrogens is 260 g/mol. The molecule has 3 nitrogen and oxygen atoms in total. The molecule has 120 valence electrons. The molecular formula is C18H32N2O. The second-order valence-electron chi connectivity index (χ2n) is 7.67. The van der Waals surface area contributed by atoms with Gasteiger partial charge in [-0.05, 0) is 70.6 Å². The van der Waals surface area contributed by atoms with E-state index in [9.17, 15) is 4.79 Å². The lowest BCUT2D eigenvalue weighted by molar-refractivity contribution is -0.126. The predicted molar refractivity (Wildman–Crippen MR) is 86.4 cm³/mol. The Hall–Kier alpha value is -0.410. The summed E-state index contributed by atoms with van der Waals surface area (Å²) < 4.78 is 0. The van der Waals surface area contributed by atoms with Gasteiger partial charge in [-0.2, -0.15) is 0 Å². The van der Waals surface area contributed by atoms with Crippen LogP contribution in [0.25, 0.3) is 0 Å². The molecule has 3 rings (SSSR count). The van der Waals surface area contributed by atoms with Crippen molar-refractivity contribution < 1.29 is 4.79 Å². The number of ketones is 1. The van der Waals surface area contributed by atoms with Gasteiger partial charge in [-0.1, -0.05) is 13.3 Å². The van der Waals surface area contributed by atoms with Crippen LogP contribution in [0.1, 0.15) is 58.3 Å². The molecule has 2 aliphatic heterocycles. The fraction of sp³-hybridized carbons (Fsp3) is 0.944. The van der Waals surface area contributed by atoms with E-state index in [1.807, 2.05) is 0 Å². The van der Waals surface area contributed by atoms with E-state index in [1.54, 1.807) is 0 Å². The van der Waals surface area contributed by atoms with Crippen molar-refractivity contribution in [2.24, 2.45) is 11.8 Å². The number of likely N-dealkylation sites (tertiary alicyclic amines) is 2. The molecule has 0 aromatic carbocycles. The number of piperidine rings is 2. The first kappa shape index (κ1) is 15.5. The summed E-state index contributed by atoms with van der Waals surface area (Å²) in [4.78, 5) is 17.4. The van der Waals surface area contributed by atoms with Crippen molar-refractivity contribution in [2.75, 3.05) is 32.7 Å². The van der Waals surface area contributed by atoms with Gasteiger partial charge in [0.1, 0.15) is 5.78 Å². The van der Waals surface area contributed by atoms with Crippen LogP contribution in [0.5, 0.6) is 0 Å². The lowest BCUT2D eigenvalue weighted by Gasteiger charge is -2.41. The fourth-order valence-corrected chi connectivity index (χ4v) is 4.57. The number of hydrogen-bond donors (Lipinski definition) is 0. The molecule has 2 heterocycles. The molecule has 2 atom stereocenters. The summed E-state index contributed by atoms with van der Waals surface area (Å²) in [6.45, 7) is 8.41. The topological polar surface area (TPSA) is 23.6 Å². The van der Waals surface area contributed by atoms with E-state index in [0.29, 0.717) is 11.7 Å². The number of nitrogens with zero attached hydrogens (tertiary/aromatic N) is 2. The maximum absolute atomic E-state index is 12.1. The van der Waals surface area contributed by atoms with Crippen LogP contribution < -0.4 is 0 Å². The van der Waals surface area contributed by atoms with Crippen molar-refractivity contribution in [3.8, 4) is 0 Å². The third kappa shape index (κ3) is 4.07. The Kier molecular flexibility index (Phi) is 5.33. The predicted octanol–water partition coefficient (Wildman–Crippen LogP) is 2.94. The second kappa shape index (κ2) is 7.23. The van der Waals surface area contributed by atoms with Crippen molar-refractivity contribution in [1.82, 2.24) is 9.80 Å². The van der Waals surface area contributed by atoms with E-state index < -0.39 is 0 Å². The Balaban J connectivity index is 1.43. The summed E-state index contributed by atoms with van der Waals surface area (Å²) in [6.07, 6.45) is 9.93. The normalized spacial score (nSPS) is 34.2. The van der Waals surface area contributed by atoms with Gasteiger partial charge in [-0.15, -0.1) is 0 Å². The fourth-order valence-electron chi connectivity index (χ4n) is 4.57. The standard InChI is InChI=1S/C18H32N2O/c1-15-5-6-18(21)16(13-15)14-19-11-7-17(8-12-19)20-9-3-2-4-10-20/h15-17H,2-14H2,1H3. The van der Waals surface area contributed by atoms with Crippen molar-refractivity contribution >= 4 is 5.78 Å². The minimum atomic E-state index is 0.334. The smallest absolute Gasteiger partial charge is 0.137 e. The van der Waals surface area contributed by atoms with Crippen LogP contribution in [0.3, 0.4) is 0 Å². The maximum atomic E-state index is 12.1. The van der Waals surface area contributed by atoms with Gasteiger partial charge in [-0.25, -0.2) is 0 Å². The zero-order chi connectivity index (χ0) is 14.7. The van der Waals surface area contributed by atoms with Gasteiger partial charge in [0.05, 0.1) is 0 Å². The monoisotopic (exact) mass is 292 g/mol. The average Bonchev–Trinajstić information content (AvgIpc) is 2.53. The van der Waals surface area contributed by atoms with Crippen molar-refractivity contribution in [1.29, 1.82) is 0 Å². The molecule has 3 aliphatic rings. The molecule has 1 saturated carbocycles. The lowest BCUT2D eigenvalue weighted by Crippen LogP contribution is -2.48. The molecule has 0 aromatic rings. The molecule has 2 unspecified atom stereocenters. The van der Waals surface area contributed by atoms with E-state index in [4.69, 9.17) is 0 Å². The third-order valence-corrected chi connectivity index (χ3v) is 5.97. The van der Waals surface area contributed by atoms with Gasteiger partial charge in [-0.3, -0.25) is 4.79 Å². The molecule has 3 fully saturated rings. The summed E-state index contributed by atoms with van der Waals surface area (Å²) in [5, 5.41) is 0. The first-order chi connectivity index (χ1) is 10.2. The average molecular weight is 292 g/mol. The van der Waals surface area contributed by atoms with Gasteiger partial charge >= 0.3 is 0 Å². The summed E-state index contributed by atoms with van der Waals surface area (Å²) >= 11 is 0. The highest BCUT2D eigenvalue weighted by Gasteiger charge is 2.31. The SMILES string of the molecule is CC1CCC(=O)C(CN2CCC(N3CCCCC3)CC2)C1. The second-order valence-corrected chi connectivity index (χ2v) is 7.67. The highest BCUT2D eigenvalue weighted by molar-refractivity contribution is 5.81. The van der Waals surface area contributed by atoms with Crippen LogP contribution >= 0.6 is 0 Å². The molecule has 0 bridgehead atoms. The van der Waals surface area contributed by atoms with Crippen LogP contribution in [0.4, 0.5) is 0 Å². The molecule has 0 spiro atoms. The van der Waals surface area contributed by atoms with E-state index in [0.717, 1.165) is 37.8 Å². The first-order valence-electron chi connectivity index (χ1n) is 9.21. The number of Topliss-reactive ketones (excluding diaryl/α,β-unsaturated/α-hetero) is 1.